The van der Waals surface area contributed by atoms with E-state index in [9.17, 15) is 0 Å². The first-order chi connectivity index (χ1) is 12.4. The molecule has 0 unspecified atom stereocenters. The monoisotopic (exact) mass is 337 g/mol. The standard InChI is InChI=1S/C21H25N2O2/c1-5-20(22-9-13-24-14-10-22)6-2-18(1)17-19-3-7-21(8-4-19)23-11-15-25-16-12-23/h1-8,17H,9-16H2/q+1. The average molecular weight is 337 g/mol. The molecule has 4 heteroatoms. The topological polar surface area (TPSA) is 24.7 Å². The molecule has 2 aliphatic heterocycles. The van der Waals surface area contributed by atoms with Gasteiger partial charge in [0.05, 0.1) is 13.2 Å². The van der Waals surface area contributed by atoms with Gasteiger partial charge in [-0.3, -0.25) is 0 Å². The Kier molecular flexibility index (Phi) is 5.09. The minimum Gasteiger partial charge on any atom is -0.378 e. The van der Waals surface area contributed by atoms with Gasteiger partial charge >= 0.3 is 0 Å². The van der Waals surface area contributed by atoms with E-state index in [1.807, 2.05) is 0 Å². The third-order valence-corrected chi connectivity index (χ3v) is 4.87. The molecule has 2 heterocycles. The van der Waals surface area contributed by atoms with E-state index in [1.54, 1.807) is 0 Å². The predicted octanol–water partition coefficient (Wildman–Crippen LogP) is 2.52. The quantitative estimate of drug-likeness (QED) is 0.775. The highest BCUT2D eigenvalue weighted by molar-refractivity contribution is 6.02. The molecule has 1 aliphatic carbocycles. The molecule has 3 aliphatic rings. The van der Waals surface area contributed by atoms with E-state index in [0.29, 0.717) is 0 Å². The van der Waals surface area contributed by atoms with Crippen LogP contribution in [0, 0.1) is 0 Å². The van der Waals surface area contributed by atoms with Gasteiger partial charge in [0.15, 0.2) is 18.8 Å². The number of rotatable bonds is 2. The molecule has 0 radical (unpaired) electrons. The van der Waals surface area contributed by atoms with Gasteiger partial charge in [-0.05, 0) is 41.5 Å². The van der Waals surface area contributed by atoms with Crippen LogP contribution in [0.1, 0.15) is 5.56 Å². The summed E-state index contributed by atoms with van der Waals surface area (Å²) >= 11 is 0. The lowest BCUT2D eigenvalue weighted by atomic mass is 10.0. The highest BCUT2D eigenvalue weighted by atomic mass is 16.5. The lowest BCUT2D eigenvalue weighted by Crippen LogP contribution is -2.36. The van der Waals surface area contributed by atoms with Crippen LogP contribution in [0.2, 0.25) is 0 Å². The molecule has 25 heavy (non-hydrogen) atoms. The molecule has 130 valence electrons. The van der Waals surface area contributed by atoms with Gasteiger partial charge in [0.2, 0.25) is 0 Å². The molecule has 2 saturated heterocycles. The van der Waals surface area contributed by atoms with Crippen LogP contribution in [-0.4, -0.2) is 62.9 Å². The number of ether oxygens (including phenoxy) is 2. The van der Waals surface area contributed by atoms with Crippen molar-refractivity contribution in [3.63, 3.8) is 0 Å². The Morgan fingerprint density at radius 3 is 2.12 bits per heavy atom. The largest absolute Gasteiger partial charge is 0.378 e. The van der Waals surface area contributed by atoms with Crippen LogP contribution >= 0.6 is 0 Å². The summed E-state index contributed by atoms with van der Waals surface area (Å²) in [6.45, 7) is 7.20. The van der Waals surface area contributed by atoms with Gasteiger partial charge in [-0.25, -0.2) is 4.58 Å². The second kappa shape index (κ2) is 7.81. The van der Waals surface area contributed by atoms with Crippen molar-refractivity contribution >= 4 is 17.5 Å². The van der Waals surface area contributed by atoms with Gasteiger partial charge in [0, 0.05) is 30.9 Å². The van der Waals surface area contributed by atoms with Crippen LogP contribution in [0.4, 0.5) is 5.69 Å². The van der Waals surface area contributed by atoms with Gasteiger partial charge in [-0.1, -0.05) is 12.1 Å². The van der Waals surface area contributed by atoms with Crippen LogP contribution in [0.15, 0.2) is 54.1 Å². The van der Waals surface area contributed by atoms with Gasteiger partial charge in [-0.15, -0.1) is 0 Å². The third kappa shape index (κ3) is 4.09. The summed E-state index contributed by atoms with van der Waals surface area (Å²) in [5.74, 6) is 0. The first kappa shape index (κ1) is 16.3. The van der Waals surface area contributed by atoms with E-state index in [-0.39, 0.29) is 0 Å². The molecule has 4 rings (SSSR count). The maximum Gasteiger partial charge on any atom is 0.200 e. The summed E-state index contributed by atoms with van der Waals surface area (Å²) in [5, 5.41) is 0. The number of allylic oxidation sites excluding steroid dienone is 5. The number of anilines is 1. The van der Waals surface area contributed by atoms with Crippen molar-refractivity contribution in [2.45, 2.75) is 0 Å². The van der Waals surface area contributed by atoms with Crippen molar-refractivity contribution in [1.29, 1.82) is 0 Å². The zero-order chi connectivity index (χ0) is 16.9. The Morgan fingerprint density at radius 1 is 0.800 bits per heavy atom. The molecule has 0 spiro atoms. The van der Waals surface area contributed by atoms with Crippen molar-refractivity contribution in [3.05, 3.63) is 59.7 Å². The third-order valence-electron chi connectivity index (χ3n) is 4.87. The van der Waals surface area contributed by atoms with E-state index in [0.717, 1.165) is 52.6 Å². The molecule has 4 nitrogen and oxygen atoms in total. The highest BCUT2D eigenvalue weighted by Crippen LogP contribution is 2.19. The van der Waals surface area contributed by atoms with Gasteiger partial charge < -0.3 is 14.4 Å². The maximum absolute atomic E-state index is 5.42. The van der Waals surface area contributed by atoms with Crippen molar-refractivity contribution < 1.29 is 14.0 Å². The first-order valence-electron chi connectivity index (χ1n) is 9.09. The van der Waals surface area contributed by atoms with E-state index in [1.165, 1.54) is 22.5 Å². The highest BCUT2D eigenvalue weighted by Gasteiger charge is 2.16. The van der Waals surface area contributed by atoms with Gasteiger partial charge in [0.25, 0.3) is 0 Å². The summed E-state index contributed by atoms with van der Waals surface area (Å²) in [7, 11) is 0. The Balaban J connectivity index is 1.44. The van der Waals surface area contributed by atoms with Crippen LogP contribution in [-0.2, 0) is 9.47 Å². The second-order valence-electron chi connectivity index (χ2n) is 6.53. The Labute approximate surface area is 149 Å². The lowest BCUT2D eigenvalue weighted by molar-refractivity contribution is -0.547. The summed E-state index contributed by atoms with van der Waals surface area (Å²) in [6, 6.07) is 8.81. The van der Waals surface area contributed by atoms with Crippen LogP contribution < -0.4 is 4.90 Å². The molecule has 0 saturated carbocycles. The fraction of sp³-hybridized carbons (Fsp3) is 0.381. The van der Waals surface area contributed by atoms with E-state index in [4.69, 9.17) is 9.47 Å². The summed E-state index contributed by atoms with van der Waals surface area (Å²) in [6.07, 6.45) is 11.0. The zero-order valence-corrected chi connectivity index (χ0v) is 14.6. The Bertz CT molecular complexity index is 697. The summed E-state index contributed by atoms with van der Waals surface area (Å²) in [5.41, 5.74) is 5.03. The molecule has 0 aromatic heterocycles. The number of nitrogens with zero attached hydrogens (tertiary/aromatic N) is 2. The van der Waals surface area contributed by atoms with E-state index < -0.39 is 0 Å². The SMILES string of the molecule is C1=CC(=[N+]2CCOCC2)C=CC1=Cc1ccc(N2CCOCC2)cc1. The fourth-order valence-electron chi connectivity index (χ4n) is 3.40. The predicted molar refractivity (Wildman–Crippen MR) is 102 cm³/mol. The fourth-order valence-corrected chi connectivity index (χ4v) is 3.40. The molecular weight excluding hydrogens is 312 g/mol. The molecule has 0 amide bonds. The normalized spacial score (nSPS) is 21.0. The number of benzene rings is 1. The van der Waals surface area contributed by atoms with Crippen LogP contribution in [0.5, 0.6) is 0 Å². The first-order valence-corrected chi connectivity index (χ1v) is 9.09. The van der Waals surface area contributed by atoms with Crippen molar-refractivity contribution in [1.82, 2.24) is 0 Å². The molecule has 1 aromatic carbocycles. The maximum atomic E-state index is 5.42. The average Bonchev–Trinajstić information content (AvgIpc) is 2.71. The Hall–Kier alpha value is -2.17. The van der Waals surface area contributed by atoms with Crippen molar-refractivity contribution in [3.8, 4) is 0 Å². The van der Waals surface area contributed by atoms with Gasteiger partial charge in [-0.2, -0.15) is 0 Å². The molecular formula is C21H25N2O2+. The molecule has 0 bridgehead atoms. The Morgan fingerprint density at radius 2 is 1.44 bits per heavy atom. The number of morpholine rings is 2. The number of hydrogen-bond donors (Lipinski definition) is 0. The lowest BCUT2D eigenvalue weighted by Gasteiger charge is -2.28. The second-order valence-corrected chi connectivity index (χ2v) is 6.53. The van der Waals surface area contributed by atoms with Crippen LogP contribution in [0.3, 0.4) is 0 Å². The molecule has 0 atom stereocenters. The van der Waals surface area contributed by atoms with Gasteiger partial charge in [0.1, 0.15) is 13.2 Å². The minimum atomic E-state index is 0.823. The van der Waals surface area contributed by atoms with Crippen molar-refractivity contribution in [2.24, 2.45) is 0 Å². The molecule has 0 N–H and O–H groups in total. The van der Waals surface area contributed by atoms with E-state index >= 15 is 0 Å². The molecule has 1 aromatic rings. The minimum absolute atomic E-state index is 0.823. The number of hydrogen-bond acceptors (Lipinski definition) is 3. The zero-order valence-electron chi connectivity index (χ0n) is 14.6. The van der Waals surface area contributed by atoms with Crippen molar-refractivity contribution in [2.75, 3.05) is 57.5 Å². The molecule has 2 fully saturated rings. The van der Waals surface area contributed by atoms with E-state index in [2.05, 4.69) is 64.1 Å². The summed E-state index contributed by atoms with van der Waals surface area (Å²) in [4.78, 5) is 2.38. The van der Waals surface area contributed by atoms with Crippen LogP contribution in [0.25, 0.3) is 6.08 Å². The summed E-state index contributed by atoms with van der Waals surface area (Å²) < 4.78 is 13.2. The smallest absolute Gasteiger partial charge is 0.200 e.